The van der Waals surface area contributed by atoms with Gasteiger partial charge >= 0.3 is 0 Å². The zero-order valence-electron chi connectivity index (χ0n) is 16.3. The number of Topliss-reactive ketones (excluding diaryl/α,β-unsaturated/α-hetero) is 1. The number of anilines is 1. The summed E-state index contributed by atoms with van der Waals surface area (Å²) in [5.41, 5.74) is 3.53. The number of rotatable bonds is 6. The van der Waals surface area contributed by atoms with Gasteiger partial charge in [0.05, 0.1) is 0 Å². The van der Waals surface area contributed by atoms with E-state index in [-0.39, 0.29) is 23.7 Å². The van der Waals surface area contributed by atoms with Crippen LogP contribution in [-0.4, -0.2) is 16.7 Å². The minimum Gasteiger partial charge on any atom is -0.326 e. The van der Waals surface area contributed by atoms with E-state index >= 15 is 0 Å². The van der Waals surface area contributed by atoms with E-state index in [4.69, 9.17) is 0 Å². The fourth-order valence-electron chi connectivity index (χ4n) is 3.10. The van der Waals surface area contributed by atoms with Crippen LogP contribution in [0.1, 0.15) is 54.6 Å². The number of carbonyl (C=O) groups is 2. The number of pyridine rings is 1. The molecule has 0 spiro atoms. The molecule has 0 fully saturated rings. The standard InChI is InChI=1S/C23H24N2O3/c1-14(2)16-7-9-21-19(11-16)12-18(23(28)25-21)8-10-22(27)24-20-6-4-5-17(13-20)15(3)26/h4-7,9,11-14H,8,10H2,1-3H3,(H,24,27)(H,25,28). The third kappa shape index (κ3) is 4.55. The zero-order chi connectivity index (χ0) is 20.3. The molecule has 0 unspecified atom stereocenters. The van der Waals surface area contributed by atoms with Gasteiger partial charge in [-0.3, -0.25) is 14.4 Å². The third-order valence-corrected chi connectivity index (χ3v) is 4.79. The number of aryl methyl sites for hydroxylation is 1. The first-order valence-corrected chi connectivity index (χ1v) is 9.40. The maximum Gasteiger partial charge on any atom is 0.251 e. The molecular weight excluding hydrogens is 352 g/mol. The van der Waals surface area contributed by atoms with Crippen LogP contribution >= 0.6 is 0 Å². The molecule has 5 heteroatoms. The van der Waals surface area contributed by atoms with E-state index in [9.17, 15) is 14.4 Å². The SMILES string of the molecule is CC(=O)c1cccc(NC(=O)CCc2cc3cc(C(C)C)ccc3[nH]c2=O)c1. The fraction of sp³-hybridized carbons (Fsp3) is 0.261. The van der Waals surface area contributed by atoms with Crippen molar-refractivity contribution in [3.05, 3.63) is 75.6 Å². The number of benzene rings is 2. The monoisotopic (exact) mass is 376 g/mol. The van der Waals surface area contributed by atoms with Gasteiger partial charge < -0.3 is 10.3 Å². The van der Waals surface area contributed by atoms with Crippen molar-refractivity contribution in [2.75, 3.05) is 5.32 Å². The number of aromatic nitrogens is 1. The highest BCUT2D eigenvalue weighted by molar-refractivity contribution is 5.97. The summed E-state index contributed by atoms with van der Waals surface area (Å²) in [7, 11) is 0. The number of hydrogen-bond acceptors (Lipinski definition) is 3. The maximum atomic E-state index is 12.3. The smallest absolute Gasteiger partial charge is 0.251 e. The van der Waals surface area contributed by atoms with Gasteiger partial charge in [0.2, 0.25) is 5.91 Å². The average Bonchev–Trinajstić information content (AvgIpc) is 2.66. The van der Waals surface area contributed by atoms with Gasteiger partial charge in [-0.15, -0.1) is 0 Å². The molecule has 2 N–H and O–H groups in total. The lowest BCUT2D eigenvalue weighted by atomic mass is 10.00. The molecule has 0 radical (unpaired) electrons. The van der Waals surface area contributed by atoms with Gasteiger partial charge in [-0.05, 0) is 60.5 Å². The van der Waals surface area contributed by atoms with E-state index in [1.165, 1.54) is 12.5 Å². The summed E-state index contributed by atoms with van der Waals surface area (Å²) in [6.45, 7) is 5.73. The quantitative estimate of drug-likeness (QED) is 0.625. The van der Waals surface area contributed by atoms with E-state index in [2.05, 4.69) is 30.2 Å². The Hall–Kier alpha value is -3.21. The Morgan fingerprint density at radius 1 is 1.07 bits per heavy atom. The molecule has 1 aromatic heterocycles. The second kappa shape index (κ2) is 8.21. The highest BCUT2D eigenvalue weighted by Crippen LogP contribution is 2.20. The van der Waals surface area contributed by atoms with Crippen molar-refractivity contribution in [3.63, 3.8) is 0 Å². The minimum absolute atomic E-state index is 0.0560. The summed E-state index contributed by atoms with van der Waals surface area (Å²) < 4.78 is 0. The van der Waals surface area contributed by atoms with Crippen LogP contribution in [0.2, 0.25) is 0 Å². The van der Waals surface area contributed by atoms with Crippen molar-refractivity contribution in [2.24, 2.45) is 0 Å². The first-order chi connectivity index (χ1) is 13.3. The van der Waals surface area contributed by atoms with E-state index in [1.807, 2.05) is 18.2 Å². The van der Waals surface area contributed by atoms with Crippen LogP contribution in [0.15, 0.2) is 53.3 Å². The number of hydrogen-bond donors (Lipinski definition) is 2. The van der Waals surface area contributed by atoms with Crippen LogP contribution in [0, 0.1) is 0 Å². The second-order valence-corrected chi connectivity index (χ2v) is 7.31. The largest absolute Gasteiger partial charge is 0.326 e. The van der Waals surface area contributed by atoms with Gasteiger partial charge in [-0.25, -0.2) is 0 Å². The molecule has 0 saturated carbocycles. The van der Waals surface area contributed by atoms with Gasteiger partial charge in [0.25, 0.3) is 5.56 Å². The Kier molecular flexibility index (Phi) is 5.73. The Morgan fingerprint density at radius 2 is 1.86 bits per heavy atom. The minimum atomic E-state index is -0.198. The Balaban J connectivity index is 1.72. The van der Waals surface area contributed by atoms with Crippen LogP contribution in [-0.2, 0) is 11.2 Å². The third-order valence-electron chi connectivity index (χ3n) is 4.79. The first-order valence-electron chi connectivity index (χ1n) is 9.40. The van der Waals surface area contributed by atoms with E-state index in [1.54, 1.807) is 24.3 Å². The van der Waals surface area contributed by atoms with Crippen LogP contribution < -0.4 is 10.9 Å². The predicted molar refractivity (Wildman–Crippen MR) is 112 cm³/mol. The molecule has 0 aliphatic heterocycles. The fourth-order valence-corrected chi connectivity index (χ4v) is 3.10. The topological polar surface area (TPSA) is 79.0 Å². The molecule has 28 heavy (non-hydrogen) atoms. The van der Waals surface area contributed by atoms with Crippen LogP contribution in [0.3, 0.4) is 0 Å². The predicted octanol–water partition coefficient (Wildman–Crippen LogP) is 4.43. The first kappa shape index (κ1) is 19.5. The van der Waals surface area contributed by atoms with E-state index < -0.39 is 0 Å². The number of carbonyl (C=O) groups excluding carboxylic acids is 2. The van der Waals surface area contributed by atoms with Crippen molar-refractivity contribution in [2.45, 2.75) is 39.5 Å². The van der Waals surface area contributed by atoms with Gasteiger partial charge in [0, 0.05) is 28.8 Å². The molecule has 3 aromatic rings. The molecule has 2 aromatic carbocycles. The van der Waals surface area contributed by atoms with Crippen molar-refractivity contribution >= 4 is 28.3 Å². The highest BCUT2D eigenvalue weighted by atomic mass is 16.1. The summed E-state index contributed by atoms with van der Waals surface area (Å²) in [5.74, 6) is 0.145. The summed E-state index contributed by atoms with van der Waals surface area (Å²) in [6, 6.07) is 14.7. The summed E-state index contributed by atoms with van der Waals surface area (Å²) in [4.78, 5) is 38.9. The molecule has 0 aliphatic rings. The molecule has 0 bridgehead atoms. The highest BCUT2D eigenvalue weighted by Gasteiger charge is 2.09. The van der Waals surface area contributed by atoms with Crippen LogP contribution in [0.25, 0.3) is 10.9 Å². The number of amides is 1. The molecule has 1 heterocycles. The molecular formula is C23H24N2O3. The zero-order valence-corrected chi connectivity index (χ0v) is 16.3. The van der Waals surface area contributed by atoms with E-state index in [0.717, 1.165) is 10.9 Å². The number of fused-ring (bicyclic) bond motifs is 1. The number of H-pyrrole nitrogens is 1. The van der Waals surface area contributed by atoms with Crippen molar-refractivity contribution < 1.29 is 9.59 Å². The summed E-state index contributed by atoms with van der Waals surface area (Å²) in [6.07, 6.45) is 0.526. The molecule has 0 saturated heterocycles. The second-order valence-electron chi connectivity index (χ2n) is 7.31. The van der Waals surface area contributed by atoms with Crippen molar-refractivity contribution in [1.82, 2.24) is 4.98 Å². The maximum absolute atomic E-state index is 12.3. The number of aromatic amines is 1. The molecule has 0 atom stereocenters. The van der Waals surface area contributed by atoms with Crippen molar-refractivity contribution in [3.8, 4) is 0 Å². The molecule has 1 amide bonds. The Morgan fingerprint density at radius 3 is 2.57 bits per heavy atom. The van der Waals surface area contributed by atoms with Gasteiger partial charge in [-0.1, -0.05) is 32.0 Å². The van der Waals surface area contributed by atoms with Gasteiger partial charge in [0.15, 0.2) is 5.78 Å². The normalized spacial score (nSPS) is 11.0. The molecule has 0 aliphatic carbocycles. The van der Waals surface area contributed by atoms with E-state index in [0.29, 0.717) is 29.2 Å². The van der Waals surface area contributed by atoms with Gasteiger partial charge in [-0.2, -0.15) is 0 Å². The average molecular weight is 376 g/mol. The summed E-state index contributed by atoms with van der Waals surface area (Å²) in [5, 5.41) is 3.75. The van der Waals surface area contributed by atoms with Crippen molar-refractivity contribution in [1.29, 1.82) is 0 Å². The Labute approximate surface area is 163 Å². The Bertz CT molecular complexity index is 1100. The number of ketones is 1. The molecule has 3 rings (SSSR count). The summed E-state index contributed by atoms with van der Waals surface area (Å²) >= 11 is 0. The molecule has 5 nitrogen and oxygen atoms in total. The van der Waals surface area contributed by atoms with Crippen LogP contribution in [0.5, 0.6) is 0 Å². The number of nitrogens with one attached hydrogen (secondary N) is 2. The molecule has 144 valence electrons. The van der Waals surface area contributed by atoms with Crippen LogP contribution in [0.4, 0.5) is 5.69 Å². The lowest BCUT2D eigenvalue weighted by Crippen LogP contribution is -2.17. The lowest BCUT2D eigenvalue weighted by molar-refractivity contribution is -0.116. The van der Waals surface area contributed by atoms with Gasteiger partial charge in [0.1, 0.15) is 0 Å². The lowest BCUT2D eigenvalue weighted by Gasteiger charge is -2.09.